The van der Waals surface area contributed by atoms with Crippen LogP contribution < -0.4 is 0 Å². The minimum absolute atomic E-state index is 0.616. The Morgan fingerprint density at radius 1 is 1.56 bits per heavy atom. The average molecular weight is 124 g/mol. The van der Waals surface area contributed by atoms with Gasteiger partial charge in [0.25, 0.3) is 0 Å². The van der Waals surface area contributed by atoms with Gasteiger partial charge in [0.1, 0.15) is 6.29 Å². The maximum atomic E-state index is 9.82. The SMILES string of the molecule is C=C/C(C)=C\CCC=O. The fourth-order valence-corrected chi connectivity index (χ4v) is 0.462. The Hall–Kier alpha value is -0.850. The molecule has 1 heteroatoms. The predicted molar refractivity (Wildman–Crippen MR) is 39.3 cm³/mol. The number of hydrogen-bond donors (Lipinski definition) is 0. The van der Waals surface area contributed by atoms with Gasteiger partial charge in [-0.2, -0.15) is 0 Å². The molecule has 0 amide bonds. The van der Waals surface area contributed by atoms with Gasteiger partial charge in [0.15, 0.2) is 0 Å². The highest BCUT2D eigenvalue weighted by atomic mass is 16.1. The summed E-state index contributed by atoms with van der Waals surface area (Å²) in [6.07, 6.45) is 6.16. The highest BCUT2D eigenvalue weighted by Crippen LogP contribution is 1.96. The molecule has 0 bridgehead atoms. The van der Waals surface area contributed by atoms with Crippen molar-refractivity contribution < 1.29 is 4.79 Å². The monoisotopic (exact) mass is 124 g/mol. The first-order chi connectivity index (χ1) is 4.31. The fourth-order valence-electron chi connectivity index (χ4n) is 0.462. The summed E-state index contributed by atoms with van der Waals surface area (Å²) in [7, 11) is 0. The molecule has 50 valence electrons. The van der Waals surface area contributed by atoms with Gasteiger partial charge in [-0.15, -0.1) is 0 Å². The van der Waals surface area contributed by atoms with Crippen molar-refractivity contribution in [3.8, 4) is 0 Å². The topological polar surface area (TPSA) is 17.1 Å². The van der Waals surface area contributed by atoms with Crippen molar-refractivity contribution in [1.29, 1.82) is 0 Å². The lowest BCUT2D eigenvalue weighted by atomic mass is 10.2. The van der Waals surface area contributed by atoms with Crippen molar-refractivity contribution >= 4 is 6.29 Å². The third kappa shape index (κ3) is 5.01. The van der Waals surface area contributed by atoms with Crippen molar-refractivity contribution in [1.82, 2.24) is 0 Å². The smallest absolute Gasteiger partial charge is 0.120 e. The molecule has 0 heterocycles. The molecule has 0 spiro atoms. The van der Waals surface area contributed by atoms with E-state index < -0.39 is 0 Å². The molecule has 0 rings (SSSR count). The van der Waals surface area contributed by atoms with Crippen molar-refractivity contribution in [3.63, 3.8) is 0 Å². The Morgan fingerprint density at radius 2 is 2.22 bits per heavy atom. The Balaban J connectivity index is 3.42. The minimum Gasteiger partial charge on any atom is -0.303 e. The van der Waals surface area contributed by atoms with E-state index in [4.69, 9.17) is 0 Å². The van der Waals surface area contributed by atoms with Gasteiger partial charge in [-0.3, -0.25) is 0 Å². The molecule has 0 aliphatic heterocycles. The molecular weight excluding hydrogens is 112 g/mol. The number of carbonyl (C=O) groups excluding carboxylic acids is 1. The summed E-state index contributed by atoms with van der Waals surface area (Å²) < 4.78 is 0. The van der Waals surface area contributed by atoms with Crippen LogP contribution in [0.3, 0.4) is 0 Å². The zero-order valence-corrected chi connectivity index (χ0v) is 5.76. The lowest BCUT2D eigenvalue weighted by molar-refractivity contribution is -0.107. The van der Waals surface area contributed by atoms with E-state index in [-0.39, 0.29) is 0 Å². The van der Waals surface area contributed by atoms with Gasteiger partial charge >= 0.3 is 0 Å². The lowest BCUT2D eigenvalue weighted by Gasteiger charge is -1.86. The maximum absolute atomic E-state index is 9.82. The van der Waals surface area contributed by atoms with E-state index in [1.807, 2.05) is 13.0 Å². The standard InChI is InChI=1S/C8H12O/c1-3-8(2)6-4-5-7-9/h3,6-7H,1,4-5H2,2H3/b8-6-. The molecule has 0 aromatic carbocycles. The molecule has 9 heavy (non-hydrogen) atoms. The Morgan fingerprint density at radius 3 is 2.67 bits per heavy atom. The average Bonchev–Trinajstić information content (AvgIpc) is 1.89. The van der Waals surface area contributed by atoms with Crippen molar-refractivity contribution in [3.05, 3.63) is 24.3 Å². The molecule has 0 N–H and O–H groups in total. The number of aldehydes is 1. The zero-order valence-electron chi connectivity index (χ0n) is 5.76. The normalized spacial score (nSPS) is 11.0. The van der Waals surface area contributed by atoms with Crippen LogP contribution in [0.2, 0.25) is 0 Å². The van der Waals surface area contributed by atoms with Gasteiger partial charge in [0, 0.05) is 6.42 Å². The second-order valence-electron chi connectivity index (χ2n) is 1.90. The molecule has 0 saturated heterocycles. The molecule has 0 aliphatic carbocycles. The summed E-state index contributed by atoms with van der Waals surface area (Å²) in [5.74, 6) is 0. The molecule has 0 saturated carbocycles. The van der Waals surface area contributed by atoms with E-state index in [2.05, 4.69) is 6.58 Å². The van der Waals surface area contributed by atoms with Crippen LogP contribution in [0, 0.1) is 0 Å². The van der Waals surface area contributed by atoms with Gasteiger partial charge in [-0.1, -0.05) is 24.3 Å². The molecule has 1 nitrogen and oxygen atoms in total. The van der Waals surface area contributed by atoms with E-state index in [1.54, 1.807) is 6.08 Å². The molecular formula is C8H12O. The zero-order chi connectivity index (χ0) is 7.11. The van der Waals surface area contributed by atoms with Gasteiger partial charge in [0.2, 0.25) is 0 Å². The van der Waals surface area contributed by atoms with Crippen LogP contribution in [0.25, 0.3) is 0 Å². The highest BCUT2D eigenvalue weighted by Gasteiger charge is 1.79. The van der Waals surface area contributed by atoms with Crippen LogP contribution in [0.5, 0.6) is 0 Å². The summed E-state index contributed by atoms with van der Waals surface area (Å²) in [5, 5.41) is 0. The first kappa shape index (κ1) is 8.15. The van der Waals surface area contributed by atoms with Crippen LogP contribution >= 0.6 is 0 Å². The number of rotatable bonds is 4. The third-order valence-corrected chi connectivity index (χ3v) is 1.07. The third-order valence-electron chi connectivity index (χ3n) is 1.07. The van der Waals surface area contributed by atoms with Crippen LogP contribution in [0.4, 0.5) is 0 Å². The fraction of sp³-hybridized carbons (Fsp3) is 0.375. The molecule has 0 aromatic heterocycles. The second kappa shape index (κ2) is 5.29. The first-order valence-electron chi connectivity index (χ1n) is 3.04. The van der Waals surface area contributed by atoms with Gasteiger partial charge in [0.05, 0.1) is 0 Å². The van der Waals surface area contributed by atoms with Gasteiger partial charge in [-0.25, -0.2) is 0 Å². The lowest BCUT2D eigenvalue weighted by Crippen LogP contribution is -1.72. The van der Waals surface area contributed by atoms with E-state index in [0.29, 0.717) is 6.42 Å². The summed E-state index contributed by atoms with van der Waals surface area (Å²) >= 11 is 0. The molecule has 0 atom stereocenters. The predicted octanol–water partition coefficient (Wildman–Crippen LogP) is 2.10. The first-order valence-corrected chi connectivity index (χ1v) is 3.04. The van der Waals surface area contributed by atoms with Crippen LogP contribution in [-0.2, 0) is 4.79 Å². The van der Waals surface area contributed by atoms with E-state index >= 15 is 0 Å². The number of unbranched alkanes of at least 4 members (excludes halogenated alkanes) is 1. The number of hydrogen-bond acceptors (Lipinski definition) is 1. The largest absolute Gasteiger partial charge is 0.303 e. The Bertz CT molecular complexity index is 123. The Labute approximate surface area is 56.1 Å². The van der Waals surface area contributed by atoms with Crippen molar-refractivity contribution in [2.45, 2.75) is 19.8 Å². The molecule has 0 fully saturated rings. The summed E-state index contributed by atoms with van der Waals surface area (Å²) in [6, 6.07) is 0. The quantitative estimate of drug-likeness (QED) is 0.318. The van der Waals surface area contributed by atoms with E-state index in [0.717, 1.165) is 18.3 Å². The molecule has 0 unspecified atom stereocenters. The van der Waals surface area contributed by atoms with Crippen LogP contribution in [0.1, 0.15) is 19.8 Å². The van der Waals surface area contributed by atoms with E-state index in [9.17, 15) is 4.79 Å². The number of allylic oxidation sites excluding steroid dienone is 3. The second-order valence-corrected chi connectivity index (χ2v) is 1.90. The summed E-state index contributed by atoms with van der Waals surface area (Å²) in [4.78, 5) is 9.82. The van der Waals surface area contributed by atoms with Crippen LogP contribution in [-0.4, -0.2) is 6.29 Å². The minimum atomic E-state index is 0.616. The van der Waals surface area contributed by atoms with Crippen LogP contribution in [0.15, 0.2) is 24.3 Å². The molecule has 0 radical (unpaired) electrons. The van der Waals surface area contributed by atoms with Gasteiger partial charge < -0.3 is 4.79 Å². The van der Waals surface area contributed by atoms with E-state index in [1.165, 1.54) is 0 Å². The summed E-state index contributed by atoms with van der Waals surface area (Å²) in [5.41, 5.74) is 1.14. The number of carbonyl (C=O) groups is 1. The maximum Gasteiger partial charge on any atom is 0.120 e. The van der Waals surface area contributed by atoms with Crippen molar-refractivity contribution in [2.75, 3.05) is 0 Å². The van der Waals surface area contributed by atoms with Gasteiger partial charge in [-0.05, 0) is 13.3 Å². The molecule has 0 aliphatic rings. The summed E-state index contributed by atoms with van der Waals surface area (Å²) in [6.45, 7) is 5.55. The highest BCUT2D eigenvalue weighted by molar-refractivity contribution is 5.49. The van der Waals surface area contributed by atoms with Crippen molar-refractivity contribution in [2.24, 2.45) is 0 Å². The molecule has 0 aromatic rings. The Kier molecular flexibility index (Phi) is 4.79.